The van der Waals surface area contributed by atoms with Gasteiger partial charge in [-0.3, -0.25) is 10.1 Å². The topological polar surface area (TPSA) is 64.1 Å². The van der Waals surface area contributed by atoms with E-state index in [0.717, 1.165) is 21.3 Å². The average Bonchev–Trinajstić information content (AvgIpc) is 2.92. The predicted octanol–water partition coefficient (Wildman–Crippen LogP) is 3.75. The second-order valence-corrected chi connectivity index (χ2v) is 6.56. The molecule has 2 rings (SSSR count). The van der Waals surface area contributed by atoms with E-state index >= 15 is 0 Å². The lowest BCUT2D eigenvalue weighted by Gasteiger charge is -2.15. The van der Waals surface area contributed by atoms with Crippen molar-refractivity contribution in [3.8, 4) is 5.75 Å². The molecule has 0 atom stereocenters. The summed E-state index contributed by atoms with van der Waals surface area (Å²) in [4.78, 5) is 11.8. The third kappa shape index (κ3) is 4.25. The lowest BCUT2D eigenvalue weighted by molar-refractivity contribution is -0.118. The van der Waals surface area contributed by atoms with Crippen LogP contribution >= 0.6 is 27.3 Å². The van der Waals surface area contributed by atoms with Crippen molar-refractivity contribution >= 4 is 38.3 Å². The van der Waals surface area contributed by atoms with Crippen molar-refractivity contribution in [3.63, 3.8) is 0 Å². The molecule has 1 amide bonds. The fourth-order valence-corrected chi connectivity index (χ4v) is 2.60. The summed E-state index contributed by atoms with van der Waals surface area (Å²) in [5, 5.41) is 10.5. The Labute approximate surface area is 135 Å². The van der Waals surface area contributed by atoms with Gasteiger partial charge >= 0.3 is 0 Å². The number of carbonyl (C=O) groups excluding carboxylic acids is 1. The van der Waals surface area contributed by atoms with E-state index in [1.54, 1.807) is 5.51 Å². The summed E-state index contributed by atoms with van der Waals surface area (Å²) in [6.45, 7) is 6.11. The molecule has 0 fully saturated rings. The molecule has 112 valence electrons. The number of carbonyl (C=O) groups is 1. The summed E-state index contributed by atoms with van der Waals surface area (Å²) in [6, 6.07) is 3.98. The van der Waals surface area contributed by atoms with Crippen molar-refractivity contribution in [2.45, 2.75) is 26.7 Å². The lowest BCUT2D eigenvalue weighted by atomic mass is 10.0. The standard InChI is InChI=1S/C14H16BrN3O2S/c1-8(2)10-5-11(15)9(3)4-12(10)20-6-13(19)17-14-18-16-7-21-14/h4-5,7-8H,6H2,1-3H3,(H,17,18,19). The number of aryl methyl sites for hydroxylation is 1. The van der Waals surface area contributed by atoms with Gasteiger partial charge in [0.1, 0.15) is 11.3 Å². The van der Waals surface area contributed by atoms with Crippen molar-refractivity contribution in [2.24, 2.45) is 0 Å². The molecular weight excluding hydrogens is 354 g/mol. The average molecular weight is 370 g/mol. The largest absolute Gasteiger partial charge is 0.483 e. The second-order valence-electron chi connectivity index (χ2n) is 4.87. The first-order chi connectivity index (χ1) is 9.97. The maximum Gasteiger partial charge on any atom is 0.264 e. The SMILES string of the molecule is Cc1cc(OCC(=O)Nc2nncs2)c(C(C)C)cc1Br. The quantitative estimate of drug-likeness (QED) is 0.871. The molecule has 0 aliphatic carbocycles. The summed E-state index contributed by atoms with van der Waals surface area (Å²) in [5.41, 5.74) is 3.70. The van der Waals surface area contributed by atoms with Crippen molar-refractivity contribution in [1.29, 1.82) is 0 Å². The molecule has 2 aromatic rings. The number of aromatic nitrogens is 2. The van der Waals surface area contributed by atoms with Crippen LogP contribution in [0.15, 0.2) is 22.1 Å². The minimum Gasteiger partial charge on any atom is -0.483 e. The van der Waals surface area contributed by atoms with Crippen LogP contribution in [0.4, 0.5) is 5.13 Å². The van der Waals surface area contributed by atoms with E-state index in [1.807, 2.05) is 19.1 Å². The van der Waals surface area contributed by atoms with Crippen molar-refractivity contribution in [1.82, 2.24) is 10.2 Å². The summed E-state index contributed by atoms with van der Waals surface area (Å²) in [5.74, 6) is 0.795. The summed E-state index contributed by atoms with van der Waals surface area (Å²) < 4.78 is 6.71. The Balaban J connectivity index is 2.05. The van der Waals surface area contributed by atoms with Gasteiger partial charge in [-0.1, -0.05) is 41.1 Å². The molecule has 0 unspecified atom stereocenters. The molecule has 0 spiro atoms. The number of anilines is 1. The first kappa shape index (κ1) is 15.9. The van der Waals surface area contributed by atoms with E-state index in [9.17, 15) is 4.79 Å². The van der Waals surface area contributed by atoms with Crippen LogP contribution in [0.2, 0.25) is 0 Å². The Morgan fingerprint density at radius 1 is 1.48 bits per heavy atom. The second kappa shape index (κ2) is 7.00. The van der Waals surface area contributed by atoms with Gasteiger partial charge in [0.05, 0.1) is 0 Å². The molecule has 0 radical (unpaired) electrons. The van der Waals surface area contributed by atoms with E-state index in [2.05, 4.69) is 45.3 Å². The molecule has 0 saturated heterocycles. The predicted molar refractivity (Wildman–Crippen MR) is 87.0 cm³/mol. The van der Waals surface area contributed by atoms with Gasteiger partial charge in [0.2, 0.25) is 5.13 Å². The third-order valence-electron chi connectivity index (χ3n) is 2.88. The minimum absolute atomic E-state index is 0.0552. The minimum atomic E-state index is -0.248. The molecule has 0 bridgehead atoms. The van der Waals surface area contributed by atoms with Crippen LogP contribution in [0.3, 0.4) is 0 Å². The Kier molecular flexibility index (Phi) is 5.30. The smallest absolute Gasteiger partial charge is 0.264 e. The van der Waals surface area contributed by atoms with E-state index in [-0.39, 0.29) is 12.5 Å². The van der Waals surface area contributed by atoms with Gasteiger partial charge in [-0.2, -0.15) is 0 Å². The maximum absolute atomic E-state index is 11.8. The number of hydrogen-bond donors (Lipinski definition) is 1. The molecule has 0 saturated carbocycles. The molecule has 1 N–H and O–H groups in total. The zero-order chi connectivity index (χ0) is 15.4. The first-order valence-corrected chi connectivity index (χ1v) is 8.13. The summed E-state index contributed by atoms with van der Waals surface area (Å²) >= 11 is 4.79. The normalized spacial score (nSPS) is 10.7. The highest BCUT2D eigenvalue weighted by atomic mass is 79.9. The Bertz CT molecular complexity index is 629. The van der Waals surface area contributed by atoms with Gasteiger partial charge in [-0.05, 0) is 36.1 Å². The number of rotatable bonds is 5. The van der Waals surface area contributed by atoms with Gasteiger partial charge in [-0.15, -0.1) is 10.2 Å². The molecular formula is C14H16BrN3O2S. The molecule has 21 heavy (non-hydrogen) atoms. The Morgan fingerprint density at radius 2 is 2.24 bits per heavy atom. The van der Waals surface area contributed by atoms with Gasteiger partial charge in [-0.25, -0.2) is 0 Å². The Morgan fingerprint density at radius 3 is 2.86 bits per heavy atom. The van der Waals surface area contributed by atoms with Crippen LogP contribution < -0.4 is 10.1 Å². The number of amides is 1. The number of nitrogens with zero attached hydrogens (tertiary/aromatic N) is 2. The van der Waals surface area contributed by atoms with E-state index < -0.39 is 0 Å². The first-order valence-electron chi connectivity index (χ1n) is 6.46. The number of benzene rings is 1. The number of ether oxygens (including phenoxy) is 1. The van der Waals surface area contributed by atoms with E-state index in [1.165, 1.54) is 11.3 Å². The van der Waals surface area contributed by atoms with Gasteiger partial charge in [0, 0.05) is 4.47 Å². The van der Waals surface area contributed by atoms with Crippen LogP contribution in [0.1, 0.15) is 30.9 Å². The number of nitrogens with one attached hydrogen (secondary N) is 1. The van der Waals surface area contributed by atoms with E-state index in [4.69, 9.17) is 4.74 Å². The lowest BCUT2D eigenvalue weighted by Crippen LogP contribution is -2.20. The Hall–Kier alpha value is -1.47. The molecule has 1 heterocycles. The van der Waals surface area contributed by atoms with E-state index in [0.29, 0.717) is 11.0 Å². The van der Waals surface area contributed by atoms with Crippen molar-refractivity contribution in [3.05, 3.63) is 33.2 Å². The van der Waals surface area contributed by atoms with Crippen molar-refractivity contribution < 1.29 is 9.53 Å². The molecule has 0 aliphatic rings. The van der Waals surface area contributed by atoms with Crippen LogP contribution in [0.5, 0.6) is 5.75 Å². The highest BCUT2D eigenvalue weighted by Gasteiger charge is 2.13. The molecule has 5 nitrogen and oxygen atoms in total. The van der Waals surface area contributed by atoms with Crippen LogP contribution in [0.25, 0.3) is 0 Å². The molecule has 0 aliphatic heterocycles. The van der Waals surface area contributed by atoms with Gasteiger partial charge in [0.25, 0.3) is 5.91 Å². The monoisotopic (exact) mass is 369 g/mol. The number of hydrogen-bond acceptors (Lipinski definition) is 5. The van der Waals surface area contributed by atoms with Crippen molar-refractivity contribution in [2.75, 3.05) is 11.9 Å². The maximum atomic E-state index is 11.8. The number of halogens is 1. The van der Waals surface area contributed by atoms with Crippen LogP contribution in [0, 0.1) is 6.92 Å². The molecule has 1 aromatic carbocycles. The van der Waals surface area contributed by atoms with Gasteiger partial charge in [0.15, 0.2) is 6.61 Å². The fourth-order valence-electron chi connectivity index (χ4n) is 1.77. The molecule has 7 heteroatoms. The van der Waals surface area contributed by atoms with Gasteiger partial charge < -0.3 is 4.74 Å². The zero-order valence-corrected chi connectivity index (χ0v) is 14.4. The summed E-state index contributed by atoms with van der Waals surface area (Å²) in [6.07, 6.45) is 0. The zero-order valence-electron chi connectivity index (χ0n) is 12.0. The van der Waals surface area contributed by atoms with Crippen LogP contribution in [-0.2, 0) is 4.79 Å². The fraction of sp³-hybridized carbons (Fsp3) is 0.357. The van der Waals surface area contributed by atoms with Crippen LogP contribution in [-0.4, -0.2) is 22.7 Å². The molecule has 1 aromatic heterocycles. The highest BCUT2D eigenvalue weighted by Crippen LogP contribution is 2.32. The highest BCUT2D eigenvalue weighted by molar-refractivity contribution is 9.10. The summed E-state index contributed by atoms with van der Waals surface area (Å²) in [7, 11) is 0. The third-order valence-corrected chi connectivity index (χ3v) is 4.34.